The van der Waals surface area contributed by atoms with E-state index in [4.69, 9.17) is 4.74 Å². The van der Waals surface area contributed by atoms with Crippen molar-refractivity contribution < 1.29 is 24.2 Å². The van der Waals surface area contributed by atoms with Crippen LogP contribution in [0.1, 0.15) is 69.8 Å². The molecular formula is C27H43Cl2N3O5. The number of likely N-dealkylation sites (tertiary alicyclic amines) is 1. The lowest BCUT2D eigenvalue weighted by atomic mass is 9.91. The van der Waals surface area contributed by atoms with Gasteiger partial charge in [0.2, 0.25) is 5.91 Å². The molecule has 1 aromatic rings. The highest BCUT2D eigenvalue weighted by Gasteiger charge is 2.35. The Kier molecular flexibility index (Phi) is 15.8. The number of hydrogen-bond acceptors (Lipinski definition) is 6. The third-order valence-corrected chi connectivity index (χ3v) is 7.24. The van der Waals surface area contributed by atoms with Gasteiger partial charge in [0.25, 0.3) is 0 Å². The van der Waals surface area contributed by atoms with E-state index in [1.54, 1.807) is 6.92 Å². The summed E-state index contributed by atoms with van der Waals surface area (Å²) in [5.74, 6) is -0.832. The number of ether oxygens (including phenoxy) is 1. The molecule has 8 nitrogen and oxygen atoms in total. The van der Waals surface area contributed by atoms with E-state index in [2.05, 4.69) is 10.6 Å². The Morgan fingerprint density at radius 2 is 1.81 bits per heavy atom. The number of benzene rings is 1. The van der Waals surface area contributed by atoms with Crippen molar-refractivity contribution in [2.75, 3.05) is 32.8 Å². The number of amides is 1. The molecule has 2 saturated heterocycles. The van der Waals surface area contributed by atoms with Crippen molar-refractivity contribution in [3.8, 4) is 0 Å². The van der Waals surface area contributed by atoms with Gasteiger partial charge in [-0.1, -0.05) is 49.6 Å². The molecule has 2 aliphatic rings. The van der Waals surface area contributed by atoms with Crippen molar-refractivity contribution >= 4 is 42.7 Å². The molecule has 2 unspecified atom stereocenters. The standard InChI is InChI=1S/C27H41N3O5.2ClH/c1-2-35-27(34)24(11-7-6-8-20-14-16-28-17-15-20)29-23-13-12-22(21-9-4-3-5-10-21)18-30(26(23)33)19-25(31)32;;/h3-5,9-10,20,22-24,28-29H,2,6-8,11-19H2,1H3,(H,31,32);2*1H/t22?,23?,24-;;/m0../s1. The second-order valence-corrected chi connectivity index (χ2v) is 9.80. The summed E-state index contributed by atoms with van der Waals surface area (Å²) in [7, 11) is 0. The van der Waals surface area contributed by atoms with Gasteiger partial charge in [0.15, 0.2) is 0 Å². The van der Waals surface area contributed by atoms with E-state index in [1.807, 2.05) is 30.3 Å². The number of rotatable bonds is 12. The normalized spacial score (nSPS) is 21.2. The number of piperidine rings is 1. The summed E-state index contributed by atoms with van der Waals surface area (Å²) in [6.07, 6.45) is 7.37. The highest BCUT2D eigenvalue weighted by atomic mass is 35.5. The van der Waals surface area contributed by atoms with E-state index in [0.29, 0.717) is 19.4 Å². The topological polar surface area (TPSA) is 108 Å². The number of nitrogens with one attached hydrogen (secondary N) is 2. The van der Waals surface area contributed by atoms with Gasteiger partial charge in [-0.05, 0) is 63.6 Å². The summed E-state index contributed by atoms with van der Waals surface area (Å²) >= 11 is 0. The molecule has 0 spiro atoms. The average Bonchev–Trinajstić information content (AvgIpc) is 3.01. The molecule has 3 rings (SSSR count). The highest BCUT2D eigenvalue weighted by Crippen LogP contribution is 2.28. The van der Waals surface area contributed by atoms with Gasteiger partial charge in [-0.3, -0.25) is 19.7 Å². The molecule has 0 bridgehead atoms. The van der Waals surface area contributed by atoms with Gasteiger partial charge in [-0.15, -0.1) is 24.8 Å². The number of halogens is 2. The minimum Gasteiger partial charge on any atom is -0.480 e. The van der Waals surface area contributed by atoms with Gasteiger partial charge >= 0.3 is 11.9 Å². The van der Waals surface area contributed by atoms with E-state index in [9.17, 15) is 19.5 Å². The van der Waals surface area contributed by atoms with E-state index >= 15 is 0 Å². The zero-order chi connectivity index (χ0) is 25.0. The number of carbonyl (C=O) groups is 3. The van der Waals surface area contributed by atoms with Gasteiger partial charge in [0, 0.05) is 12.5 Å². The summed E-state index contributed by atoms with van der Waals surface area (Å²) < 4.78 is 5.31. The summed E-state index contributed by atoms with van der Waals surface area (Å²) in [4.78, 5) is 39.0. The van der Waals surface area contributed by atoms with Crippen LogP contribution in [0.15, 0.2) is 30.3 Å². The molecule has 2 aliphatic heterocycles. The van der Waals surface area contributed by atoms with Gasteiger partial charge in [-0.25, -0.2) is 0 Å². The summed E-state index contributed by atoms with van der Waals surface area (Å²) in [5.41, 5.74) is 1.09. The van der Waals surface area contributed by atoms with Crippen LogP contribution in [0.25, 0.3) is 0 Å². The van der Waals surface area contributed by atoms with E-state index in [1.165, 1.54) is 17.7 Å². The maximum Gasteiger partial charge on any atom is 0.323 e. The van der Waals surface area contributed by atoms with E-state index < -0.39 is 18.1 Å². The molecule has 0 aromatic heterocycles. The van der Waals surface area contributed by atoms with Gasteiger partial charge in [0.05, 0.1) is 12.6 Å². The fraction of sp³-hybridized carbons (Fsp3) is 0.667. The fourth-order valence-corrected chi connectivity index (χ4v) is 5.32. The van der Waals surface area contributed by atoms with Crippen LogP contribution in [0.4, 0.5) is 0 Å². The smallest absolute Gasteiger partial charge is 0.323 e. The molecule has 2 fully saturated rings. The van der Waals surface area contributed by atoms with Gasteiger partial charge < -0.3 is 20.1 Å². The van der Waals surface area contributed by atoms with Crippen LogP contribution in [-0.2, 0) is 19.1 Å². The number of unbranched alkanes of at least 4 members (excludes halogenated alkanes) is 1. The lowest BCUT2D eigenvalue weighted by Gasteiger charge is -2.27. The molecule has 37 heavy (non-hydrogen) atoms. The molecule has 1 aromatic carbocycles. The first kappa shape index (κ1) is 33.2. The number of carboxylic acids is 1. The van der Waals surface area contributed by atoms with Crippen molar-refractivity contribution in [2.24, 2.45) is 5.92 Å². The maximum absolute atomic E-state index is 13.4. The van der Waals surface area contributed by atoms with Crippen LogP contribution in [0, 0.1) is 5.92 Å². The molecule has 0 saturated carbocycles. The first-order chi connectivity index (χ1) is 17.0. The summed E-state index contributed by atoms with van der Waals surface area (Å²) in [6, 6.07) is 8.72. The third-order valence-electron chi connectivity index (χ3n) is 7.24. The molecule has 2 heterocycles. The molecule has 1 amide bonds. The van der Waals surface area contributed by atoms with Crippen LogP contribution in [0.5, 0.6) is 0 Å². The van der Waals surface area contributed by atoms with Crippen LogP contribution >= 0.6 is 24.8 Å². The first-order valence-corrected chi connectivity index (χ1v) is 13.2. The second-order valence-electron chi connectivity index (χ2n) is 9.80. The van der Waals surface area contributed by atoms with Gasteiger partial charge in [0.1, 0.15) is 12.6 Å². The molecular weight excluding hydrogens is 517 g/mol. The van der Waals surface area contributed by atoms with Crippen LogP contribution in [-0.4, -0.2) is 72.7 Å². The first-order valence-electron chi connectivity index (χ1n) is 13.2. The van der Waals surface area contributed by atoms with Crippen molar-refractivity contribution in [3.05, 3.63) is 35.9 Å². The van der Waals surface area contributed by atoms with Gasteiger partial charge in [-0.2, -0.15) is 0 Å². The second kappa shape index (κ2) is 17.6. The van der Waals surface area contributed by atoms with Crippen molar-refractivity contribution in [1.82, 2.24) is 15.5 Å². The van der Waals surface area contributed by atoms with Crippen LogP contribution < -0.4 is 10.6 Å². The molecule has 10 heteroatoms. The largest absolute Gasteiger partial charge is 0.480 e. The Hall–Kier alpha value is -1.87. The molecule has 3 N–H and O–H groups in total. The predicted octanol–water partition coefficient (Wildman–Crippen LogP) is 3.77. The zero-order valence-corrected chi connectivity index (χ0v) is 23.4. The highest BCUT2D eigenvalue weighted by molar-refractivity contribution is 5.87. The predicted molar refractivity (Wildman–Crippen MR) is 149 cm³/mol. The minimum absolute atomic E-state index is 0. The maximum atomic E-state index is 13.4. The monoisotopic (exact) mass is 559 g/mol. The minimum atomic E-state index is -1.04. The number of aliphatic carboxylic acids is 1. The Morgan fingerprint density at radius 1 is 1.11 bits per heavy atom. The summed E-state index contributed by atoms with van der Waals surface area (Å²) in [6.45, 7) is 4.23. The molecule has 210 valence electrons. The molecule has 0 radical (unpaired) electrons. The van der Waals surface area contributed by atoms with Crippen LogP contribution in [0.2, 0.25) is 0 Å². The van der Waals surface area contributed by atoms with E-state index in [-0.39, 0.29) is 55.8 Å². The number of hydrogen-bond donors (Lipinski definition) is 3. The SMILES string of the molecule is CCOC(=O)[C@H](CCCCC1CCNCC1)NC1CCC(c2ccccc2)CN(CC(=O)O)C1=O.Cl.Cl. The Bertz CT molecular complexity index is 824. The quantitative estimate of drug-likeness (QED) is 0.264. The lowest BCUT2D eigenvalue weighted by Crippen LogP contribution is -2.52. The average molecular weight is 561 g/mol. The fourth-order valence-electron chi connectivity index (χ4n) is 5.32. The summed E-state index contributed by atoms with van der Waals surface area (Å²) in [5, 5.41) is 16.1. The Morgan fingerprint density at radius 3 is 2.46 bits per heavy atom. The molecule has 0 aliphatic carbocycles. The number of esters is 1. The number of nitrogens with zero attached hydrogens (tertiary/aromatic N) is 1. The lowest BCUT2D eigenvalue weighted by molar-refractivity contribution is -0.148. The van der Waals surface area contributed by atoms with E-state index in [0.717, 1.165) is 50.3 Å². The number of carboxylic acid groups (broad SMARTS) is 1. The Labute approximate surface area is 233 Å². The number of carbonyl (C=O) groups excluding carboxylic acids is 2. The van der Waals surface area contributed by atoms with Crippen molar-refractivity contribution in [2.45, 2.75) is 76.3 Å². The van der Waals surface area contributed by atoms with Crippen molar-refractivity contribution in [3.63, 3.8) is 0 Å². The van der Waals surface area contributed by atoms with Crippen molar-refractivity contribution in [1.29, 1.82) is 0 Å². The van der Waals surface area contributed by atoms with Crippen LogP contribution in [0.3, 0.4) is 0 Å². The Balaban J connectivity index is 0.00000342. The third kappa shape index (κ3) is 10.8. The zero-order valence-electron chi connectivity index (χ0n) is 21.7. The molecule has 3 atom stereocenters.